The Morgan fingerprint density at radius 3 is 2.74 bits per heavy atom. The Bertz CT molecular complexity index is 393. The molecule has 0 amide bonds. The van der Waals surface area contributed by atoms with E-state index in [1.165, 1.54) is 0 Å². The summed E-state index contributed by atoms with van der Waals surface area (Å²) in [6, 6.07) is 10.3. The number of guanidine groups is 1. The highest BCUT2D eigenvalue weighted by Gasteiger charge is 2.00. The highest BCUT2D eigenvalue weighted by molar-refractivity contribution is 14.0. The quantitative estimate of drug-likeness (QED) is 0.456. The van der Waals surface area contributed by atoms with Gasteiger partial charge in [-0.05, 0) is 12.5 Å². The van der Waals surface area contributed by atoms with E-state index in [0.29, 0.717) is 19.1 Å². The molecule has 0 saturated heterocycles. The van der Waals surface area contributed by atoms with Crippen molar-refractivity contribution in [3.63, 3.8) is 0 Å². The molecular weight excluding hydrogens is 353 g/mol. The van der Waals surface area contributed by atoms with Crippen molar-refractivity contribution in [3.05, 3.63) is 42.0 Å². The summed E-state index contributed by atoms with van der Waals surface area (Å²) in [7, 11) is 1.66. The van der Waals surface area contributed by atoms with Crippen LogP contribution < -0.4 is 11.1 Å². The predicted molar refractivity (Wildman–Crippen MR) is 91.9 cm³/mol. The van der Waals surface area contributed by atoms with E-state index in [1.807, 2.05) is 49.4 Å². The highest BCUT2D eigenvalue weighted by Crippen LogP contribution is 2.00. The van der Waals surface area contributed by atoms with Gasteiger partial charge < -0.3 is 15.8 Å². The van der Waals surface area contributed by atoms with E-state index >= 15 is 0 Å². The number of ether oxygens (including phenoxy) is 1. The molecule has 1 atom stereocenters. The summed E-state index contributed by atoms with van der Waals surface area (Å²) in [5.41, 5.74) is 6.89. The standard InChI is InChI=1S/C14H21N3O.HI/c1-12(11-18-2)17-14(15)16-10-6-9-13-7-4-3-5-8-13;/h3-9,12H,10-11H2,1-2H3,(H3,15,16,17);1H. The molecule has 0 radical (unpaired) electrons. The van der Waals surface area contributed by atoms with Crippen LogP contribution in [0, 0.1) is 0 Å². The first-order valence-electron chi connectivity index (χ1n) is 5.99. The van der Waals surface area contributed by atoms with E-state index in [4.69, 9.17) is 10.5 Å². The van der Waals surface area contributed by atoms with Gasteiger partial charge in [0.25, 0.3) is 0 Å². The molecule has 0 fully saturated rings. The summed E-state index contributed by atoms with van der Waals surface area (Å²) < 4.78 is 5.00. The fourth-order valence-corrected chi connectivity index (χ4v) is 1.49. The average molecular weight is 375 g/mol. The Hall–Kier alpha value is -1.08. The average Bonchev–Trinajstić information content (AvgIpc) is 2.36. The molecule has 0 spiro atoms. The highest BCUT2D eigenvalue weighted by atomic mass is 127. The first kappa shape index (κ1) is 17.9. The van der Waals surface area contributed by atoms with Crippen LogP contribution in [0.3, 0.4) is 0 Å². The minimum atomic E-state index is 0. The summed E-state index contributed by atoms with van der Waals surface area (Å²) in [6.07, 6.45) is 4.00. The van der Waals surface area contributed by atoms with E-state index in [1.54, 1.807) is 7.11 Å². The van der Waals surface area contributed by atoms with Crippen molar-refractivity contribution in [2.24, 2.45) is 10.7 Å². The molecule has 1 unspecified atom stereocenters. The second-order valence-corrected chi connectivity index (χ2v) is 4.04. The van der Waals surface area contributed by atoms with Gasteiger partial charge in [-0.15, -0.1) is 24.0 Å². The van der Waals surface area contributed by atoms with E-state index in [2.05, 4.69) is 10.3 Å². The third-order valence-electron chi connectivity index (χ3n) is 2.29. The number of halogens is 1. The number of rotatable bonds is 6. The number of nitrogens with one attached hydrogen (secondary N) is 1. The molecule has 0 aliphatic carbocycles. The summed E-state index contributed by atoms with van der Waals surface area (Å²) >= 11 is 0. The van der Waals surface area contributed by atoms with Gasteiger partial charge in [0.05, 0.1) is 13.2 Å². The zero-order valence-electron chi connectivity index (χ0n) is 11.4. The Kier molecular flexibility index (Phi) is 10.2. The van der Waals surface area contributed by atoms with Crippen LogP contribution in [0.25, 0.3) is 6.08 Å². The maximum absolute atomic E-state index is 5.73. The lowest BCUT2D eigenvalue weighted by Gasteiger charge is -2.12. The molecule has 0 aliphatic rings. The number of nitrogens with two attached hydrogens (primary N) is 1. The smallest absolute Gasteiger partial charge is 0.189 e. The Morgan fingerprint density at radius 1 is 1.42 bits per heavy atom. The lowest BCUT2D eigenvalue weighted by Crippen LogP contribution is -2.40. The van der Waals surface area contributed by atoms with E-state index in [0.717, 1.165) is 5.56 Å². The third-order valence-corrected chi connectivity index (χ3v) is 2.29. The Morgan fingerprint density at radius 2 is 2.11 bits per heavy atom. The van der Waals surface area contributed by atoms with Gasteiger partial charge in [-0.25, -0.2) is 4.99 Å². The molecular formula is C14H22IN3O. The molecule has 4 nitrogen and oxygen atoms in total. The molecule has 0 aromatic heterocycles. The zero-order chi connectivity index (χ0) is 13.2. The molecule has 0 heterocycles. The molecule has 1 rings (SSSR count). The van der Waals surface area contributed by atoms with E-state index < -0.39 is 0 Å². The predicted octanol–water partition coefficient (Wildman–Crippen LogP) is 2.26. The number of methoxy groups -OCH3 is 1. The van der Waals surface area contributed by atoms with Gasteiger partial charge in [0.2, 0.25) is 0 Å². The van der Waals surface area contributed by atoms with Crippen LogP contribution in [-0.4, -0.2) is 32.3 Å². The van der Waals surface area contributed by atoms with Crippen LogP contribution >= 0.6 is 24.0 Å². The maximum atomic E-state index is 5.73. The fraction of sp³-hybridized carbons (Fsp3) is 0.357. The number of hydrogen-bond donors (Lipinski definition) is 2. The normalized spacial score (nSPS) is 13.1. The number of aliphatic imine (C=N–C) groups is 1. The van der Waals surface area contributed by atoms with Gasteiger partial charge in [-0.1, -0.05) is 42.5 Å². The number of benzene rings is 1. The van der Waals surface area contributed by atoms with Crippen molar-refractivity contribution >= 4 is 36.0 Å². The van der Waals surface area contributed by atoms with Crippen LogP contribution in [0.1, 0.15) is 12.5 Å². The van der Waals surface area contributed by atoms with Crippen molar-refractivity contribution in [2.75, 3.05) is 20.3 Å². The van der Waals surface area contributed by atoms with Crippen LogP contribution in [0.15, 0.2) is 41.4 Å². The Balaban J connectivity index is 0.00000324. The van der Waals surface area contributed by atoms with Gasteiger partial charge in [0.15, 0.2) is 5.96 Å². The summed E-state index contributed by atoms with van der Waals surface area (Å²) in [6.45, 7) is 3.16. The maximum Gasteiger partial charge on any atom is 0.189 e. The molecule has 106 valence electrons. The minimum absolute atomic E-state index is 0. The lowest BCUT2D eigenvalue weighted by molar-refractivity contribution is 0.179. The molecule has 0 saturated carbocycles. The van der Waals surface area contributed by atoms with Crippen LogP contribution in [0.2, 0.25) is 0 Å². The fourth-order valence-electron chi connectivity index (χ4n) is 1.49. The molecule has 3 N–H and O–H groups in total. The summed E-state index contributed by atoms with van der Waals surface area (Å²) in [4.78, 5) is 4.20. The van der Waals surface area contributed by atoms with Crippen molar-refractivity contribution in [1.29, 1.82) is 0 Å². The first-order valence-corrected chi connectivity index (χ1v) is 5.99. The second kappa shape index (κ2) is 10.8. The van der Waals surface area contributed by atoms with Crippen molar-refractivity contribution in [2.45, 2.75) is 13.0 Å². The molecule has 1 aromatic rings. The first-order chi connectivity index (χ1) is 8.72. The topological polar surface area (TPSA) is 59.6 Å². The molecule has 0 aliphatic heterocycles. The van der Waals surface area contributed by atoms with E-state index in [-0.39, 0.29) is 30.0 Å². The van der Waals surface area contributed by atoms with Crippen molar-refractivity contribution < 1.29 is 4.74 Å². The van der Waals surface area contributed by atoms with Crippen LogP contribution in [0.4, 0.5) is 0 Å². The van der Waals surface area contributed by atoms with E-state index in [9.17, 15) is 0 Å². The minimum Gasteiger partial charge on any atom is -0.383 e. The van der Waals surface area contributed by atoms with Gasteiger partial charge in [-0.3, -0.25) is 0 Å². The lowest BCUT2D eigenvalue weighted by atomic mass is 10.2. The number of nitrogens with zero attached hydrogens (tertiary/aromatic N) is 1. The second-order valence-electron chi connectivity index (χ2n) is 4.04. The van der Waals surface area contributed by atoms with Gasteiger partial charge in [0, 0.05) is 13.2 Å². The molecule has 5 heteroatoms. The van der Waals surface area contributed by atoms with Crippen molar-refractivity contribution in [3.8, 4) is 0 Å². The molecule has 1 aromatic carbocycles. The van der Waals surface area contributed by atoms with Crippen LogP contribution in [-0.2, 0) is 4.74 Å². The van der Waals surface area contributed by atoms with Crippen molar-refractivity contribution in [1.82, 2.24) is 5.32 Å². The Labute approximate surface area is 132 Å². The number of hydrogen-bond acceptors (Lipinski definition) is 2. The third kappa shape index (κ3) is 8.61. The molecule has 19 heavy (non-hydrogen) atoms. The van der Waals surface area contributed by atoms with Crippen LogP contribution in [0.5, 0.6) is 0 Å². The van der Waals surface area contributed by atoms with Gasteiger partial charge >= 0.3 is 0 Å². The monoisotopic (exact) mass is 375 g/mol. The zero-order valence-corrected chi connectivity index (χ0v) is 13.7. The summed E-state index contributed by atoms with van der Waals surface area (Å²) in [5.74, 6) is 0.442. The molecule has 0 bridgehead atoms. The summed E-state index contributed by atoms with van der Waals surface area (Å²) in [5, 5.41) is 3.05. The SMILES string of the molecule is COCC(C)NC(N)=NCC=Cc1ccccc1.I. The largest absolute Gasteiger partial charge is 0.383 e. The van der Waals surface area contributed by atoms with Gasteiger partial charge in [-0.2, -0.15) is 0 Å². The van der Waals surface area contributed by atoms with Gasteiger partial charge in [0.1, 0.15) is 0 Å².